The number of aryl methyl sites for hydroxylation is 1. The summed E-state index contributed by atoms with van der Waals surface area (Å²) in [5.74, 6) is -0.701. The van der Waals surface area contributed by atoms with Crippen LogP contribution in [-0.2, 0) is 19.1 Å². The van der Waals surface area contributed by atoms with Gasteiger partial charge < -0.3 is 23.7 Å². The van der Waals surface area contributed by atoms with Gasteiger partial charge in [0.1, 0.15) is 5.75 Å². The zero-order chi connectivity index (χ0) is 23.4. The lowest BCUT2D eigenvalue weighted by Crippen LogP contribution is -2.42. The number of amides is 1. The molecule has 32 heavy (non-hydrogen) atoms. The lowest BCUT2D eigenvalue weighted by Gasteiger charge is -2.30. The highest BCUT2D eigenvalue weighted by Crippen LogP contribution is 2.31. The van der Waals surface area contributed by atoms with Gasteiger partial charge in [0.15, 0.2) is 6.61 Å². The predicted molar refractivity (Wildman–Crippen MR) is 118 cm³/mol. The van der Waals surface area contributed by atoms with E-state index in [-0.39, 0.29) is 24.4 Å². The van der Waals surface area contributed by atoms with Crippen molar-refractivity contribution in [2.75, 3.05) is 33.9 Å². The first-order chi connectivity index (χ1) is 15.3. The molecule has 1 aromatic heterocycles. The summed E-state index contributed by atoms with van der Waals surface area (Å²) in [5.41, 5.74) is 2.52. The van der Waals surface area contributed by atoms with Gasteiger partial charge in [0.25, 0.3) is 5.91 Å². The van der Waals surface area contributed by atoms with E-state index in [1.54, 1.807) is 43.2 Å². The lowest BCUT2D eigenvalue weighted by molar-refractivity contribution is -0.149. The van der Waals surface area contributed by atoms with Gasteiger partial charge in [-0.3, -0.25) is 9.59 Å². The average Bonchev–Trinajstić information content (AvgIpc) is 3.10. The molecule has 0 spiro atoms. The molecular weight excluding hydrogens is 436 g/mol. The summed E-state index contributed by atoms with van der Waals surface area (Å²) in [4.78, 5) is 38.4. The Balaban J connectivity index is 1.67. The topological polar surface area (TPSA) is 87.1 Å². The number of ether oxygens (including phenoxy) is 3. The Hall–Kier alpha value is -3.00. The fourth-order valence-corrected chi connectivity index (χ4v) is 4.17. The fraction of sp³-hybridized carbons (Fsp3) is 0.435. The third-order valence-corrected chi connectivity index (χ3v) is 5.98. The minimum Gasteiger partial charge on any atom is -0.495 e. The van der Waals surface area contributed by atoms with Crippen LogP contribution < -0.4 is 4.74 Å². The largest absolute Gasteiger partial charge is 0.495 e. The Bertz CT molecular complexity index is 1020. The van der Waals surface area contributed by atoms with Gasteiger partial charge in [0, 0.05) is 29.5 Å². The third-order valence-electron chi connectivity index (χ3n) is 5.74. The maximum atomic E-state index is 12.7. The molecule has 1 saturated heterocycles. The Labute approximate surface area is 192 Å². The standard InChI is InChI=1S/C23H27ClN2O6/c1-14-11-18(15(2)26(14)19-12-17(24)5-6-20(19)30-3)23(29)32-13-21(27)25-9-7-16(8-10-25)22(28)31-4/h5-6,11-12,16H,7-10,13H2,1-4H3. The number of carbonyl (C=O) groups excluding carboxylic acids is 3. The van der Waals surface area contributed by atoms with Gasteiger partial charge in [-0.2, -0.15) is 0 Å². The fourth-order valence-electron chi connectivity index (χ4n) is 4.01. The van der Waals surface area contributed by atoms with Crippen LogP contribution in [0.15, 0.2) is 24.3 Å². The number of halogens is 1. The molecule has 0 radical (unpaired) electrons. The number of hydrogen-bond acceptors (Lipinski definition) is 6. The van der Waals surface area contributed by atoms with E-state index in [4.69, 9.17) is 25.8 Å². The minimum atomic E-state index is -0.580. The molecular formula is C23H27ClN2O6. The number of piperidine rings is 1. The molecule has 0 atom stereocenters. The molecule has 172 valence electrons. The van der Waals surface area contributed by atoms with Gasteiger partial charge in [-0.25, -0.2) is 4.79 Å². The maximum absolute atomic E-state index is 12.7. The first-order valence-corrected chi connectivity index (χ1v) is 10.7. The van der Waals surface area contributed by atoms with Crippen LogP contribution >= 0.6 is 11.6 Å². The number of esters is 2. The molecule has 2 heterocycles. The Morgan fingerprint density at radius 2 is 1.78 bits per heavy atom. The molecule has 1 fully saturated rings. The minimum absolute atomic E-state index is 0.194. The maximum Gasteiger partial charge on any atom is 0.340 e. The van der Waals surface area contributed by atoms with Crippen molar-refractivity contribution in [2.24, 2.45) is 5.92 Å². The van der Waals surface area contributed by atoms with Gasteiger partial charge in [-0.15, -0.1) is 0 Å². The predicted octanol–water partition coefficient (Wildman–Crippen LogP) is 3.32. The van der Waals surface area contributed by atoms with Crippen LogP contribution in [0.4, 0.5) is 0 Å². The van der Waals surface area contributed by atoms with Crippen molar-refractivity contribution in [3.8, 4) is 11.4 Å². The summed E-state index contributed by atoms with van der Waals surface area (Å²) >= 11 is 6.16. The first-order valence-electron chi connectivity index (χ1n) is 10.3. The summed E-state index contributed by atoms with van der Waals surface area (Å²) in [6.45, 7) is 4.16. The van der Waals surface area contributed by atoms with Crippen molar-refractivity contribution in [2.45, 2.75) is 26.7 Å². The number of rotatable bonds is 6. The average molecular weight is 463 g/mol. The molecule has 2 aromatic rings. The number of likely N-dealkylation sites (tertiary alicyclic amines) is 1. The number of hydrogen-bond donors (Lipinski definition) is 0. The van der Waals surface area contributed by atoms with E-state index in [0.717, 1.165) is 5.69 Å². The molecule has 0 N–H and O–H groups in total. The van der Waals surface area contributed by atoms with Gasteiger partial charge in [0.05, 0.1) is 31.4 Å². The van der Waals surface area contributed by atoms with Crippen LogP contribution in [0.2, 0.25) is 5.02 Å². The summed E-state index contributed by atoms with van der Waals surface area (Å²) in [7, 11) is 2.93. The second kappa shape index (κ2) is 10.1. The molecule has 0 unspecified atom stereocenters. The van der Waals surface area contributed by atoms with E-state index in [1.165, 1.54) is 7.11 Å². The molecule has 9 heteroatoms. The number of methoxy groups -OCH3 is 2. The number of carbonyl (C=O) groups is 3. The second-order valence-corrected chi connectivity index (χ2v) is 8.13. The van der Waals surface area contributed by atoms with Crippen molar-refractivity contribution in [3.63, 3.8) is 0 Å². The smallest absolute Gasteiger partial charge is 0.340 e. The molecule has 1 aliphatic rings. The van der Waals surface area contributed by atoms with Crippen LogP contribution in [0.5, 0.6) is 5.75 Å². The van der Waals surface area contributed by atoms with E-state index in [1.807, 2.05) is 11.5 Å². The van der Waals surface area contributed by atoms with Crippen LogP contribution in [-0.4, -0.2) is 61.2 Å². The zero-order valence-corrected chi connectivity index (χ0v) is 19.4. The quantitative estimate of drug-likeness (QED) is 0.612. The molecule has 3 rings (SSSR count). The summed E-state index contributed by atoms with van der Waals surface area (Å²) in [6, 6.07) is 6.96. The second-order valence-electron chi connectivity index (χ2n) is 7.69. The monoisotopic (exact) mass is 462 g/mol. The SMILES string of the molecule is COC(=O)C1CCN(C(=O)COC(=O)c2cc(C)n(-c3cc(Cl)ccc3OC)c2C)CC1. The molecule has 0 saturated carbocycles. The number of aromatic nitrogens is 1. The third kappa shape index (κ3) is 4.91. The summed E-state index contributed by atoms with van der Waals surface area (Å²) in [5, 5.41) is 0.541. The van der Waals surface area contributed by atoms with Gasteiger partial charge in [-0.1, -0.05) is 11.6 Å². The van der Waals surface area contributed by atoms with Crippen molar-refractivity contribution in [1.29, 1.82) is 0 Å². The van der Waals surface area contributed by atoms with Gasteiger partial charge in [-0.05, 0) is 51.0 Å². The van der Waals surface area contributed by atoms with Crippen molar-refractivity contribution in [3.05, 3.63) is 46.2 Å². The number of nitrogens with zero attached hydrogens (tertiary/aromatic N) is 2. The van der Waals surface area contributed by atoms with Crippen LogP contribution in [0, 0.1) is 19.8 Å². The summed E-state index contributed by atoms with van der Waals surface area (Å²) < 4.78 is 17.4. The van der Waals surface area contributed by atoms with Gasteiger partial charge in [0.2, 0.25) is 0 Å². The van der Waals surface area contributed by atoms with E-state index >= 15 is 0 Å². The Kier molecular flexibility index (Phi) is 7.45. The highest BCUT2D eigenvalue weighted by molar-refractivity contribution is 6.30. The highest BCUT2D eigenvalue weighted by Gasteiger charge is 2.28. The molecule has 0 bridgehead atoms. The molecule has 0 aliphatic carbocycles. The zero-order valence-electron chi connectivity index (χ0n) is 18.6. The Morgan fingerprint density at radius 3 is 2.41 bits per heavy atom. The normalized spacial score (nSPS) is 14.2. The lowest BCUT2D eigenvalue weighted by atomic mass is 9.97. The van der Waals surface area contributed by atoms with Crippen LogP contribution in [0.25, 0.3) is 5.69 Å². The molecule has 1 amide bonds. The van der Waals surface area contributed by atoms with Crippen molar-refractivity contribution < 1.29 is 28.6 Å². The molecule has 1 aliphatic heterocycles. The summed E-state index contributed by atoms with van der Waals surface area (Å²) in [6.07, 6.45) is 1.07. The van der Waals surface area contributed by atoms with E-state index < -0.39 is 5.97 Å². The van der Waals surface area contributed by atoms with Crippen molar-refractivity contribution in [1.82, 2.24) is 9.47 Å². The van der Waals surface area contributed by atoms with Crippen molar-refractivity contribution >= 4 is 29.4 Å². The van der Waals surface area contributed by atoms with Crippen LogP contribution in [0.3, 0.4) is 0 Å². The van der Waals surface area contributed by atoms with E-state index in [9.17, 15) is 14.4 Å². The first kappa shape index (κ1) is 23.7. The van der Waals surface area contributed by atoms with Gasteiger partial charge >= 0.3 is 11.9 Å². The molecule has 1 aromatic carbocycles. The molecule has 8 nitrogen and oxygen atoms in total. The van der Waals surface area contributed by atoms with Crippen LogP contribution in [0.1, 0.15) is 34.6 Å². The Morgan fingerprint density at radius 1 is 1.09 bits per heavy atom. The number of benzene rings is 1. The van der Waals surface area contributed by atoms with E-state index in [2.05, 4.69) is 0 Å². The van der Waals surface area contributed by atoms with E-state index in [0.29, 0.717) is 53.6 Å². The highest BCUT2D eigenvalue weighted by atomic mass is 35.5.